The van der Waals surface area contributed by atoms with E-state index in [9.17, 15) is 17.6 Å². The Hall–Kier alpha value is -2.07. The number of halogens is 1. The summed E-state index contributed by atoms with van der Waals surface area (Å²) in [5, 5.41) is 12.1. The Bertz CT molecular complexity index is 823. The molecule has 7 nitrogen and oxygen atoms in total. The minimum Gasteiger partial charge on any atom is -0.354 e. The van der Waals surface area contributed by atoms with Crippen LogP contribution in [0, 0.1) is 12.7 Å². The number of carbonyl (C=O) groups is 1. The van der Waals surface area contributed by atoms with Crippen LogP contribution in [0.1, 0.15) is 10.0 Å². The zero-order valence-electron chi connectivity index (χ0n) is 13.2. The zero-order valence-corrected chi connectivity index (χ0v) is 14.8. The molecule has 24 heavy (non-hydrogen) atoms. The smallest absolute Gasteiger partial charge is 0.240 e. The number of aromatic nitrogens is 2. The topological polar surface area (TPSA) is 92.3 Å². The molecule has 0 atom stereocenters. The number of sulfonamides is 1. The van der Waals surface area contributed by atoms with Gasteiger partial charge in [-0.15, -0.1) is 21.5 Å². The number of nitrogens with one attached hydrogen (secondary N) is 1. The van der Waals surface area contributed by atoms with E-state index in [-0.39, 0.29) is 5.69 Å². The van der Waals surface area contributed by atoms with Gasteiger partial charge in [-0.05, 0) is 25.1 Å². The van der Waals surface area contributed by atoms with Crippen LogP contribution in [0.25, 0.3) is 0 Å². The highest BCUT2D eigenvalue weighted by Crippen LogP contribution is 2.18. The van der Waals surface area contributed by atoms with Crippen molar-refractivity contribution in [3.63, 3.8) is 0 Å². The van der Waals surface area contributed by atoms with Gasteiger partial charge in [-0.25, -0.2) is 12.8 Å². The third kappa shape index (κ3) is 5.24. The molecule has 1 aromatic carbocycles. The van der Waals surface area contributed by atoms with Crippen molar-refractivity contribution in [1.29, 1.82) is 0 Å². The van der Waals surface area contributed by atoms with E-state index in [1.165, 1.54) is 29.5 Å². The number of aryl methyl sites for hydroxylation is 1. The van der Waals surface area contributed by atoms with Gasteiger partial charge in [0.25, 0.3) is 0 Å². The Balaban J connectivity index is 1.97. The molecule has 0 aliphatic rings. The molecule has 0 radical (unpaired) electrons. The van der Waals surface area contributed by atoms with Crippen molar-refractivity contribution < 1.29 is 17.6 Å². The number of benzene rings is 1. The van der Waals surface area contributed by atoms with E-state index in [1.807, 2.05) is 6.92 Å². The van der Waals surface area contributed by atoms with Crippen LogP contribution in [-0.2, 0) is 21.2 Å². The summed E-state index contributed by atoms with van der Waals surface area (Å²) in [4.78, 5) is 12.0. The normalized spacial score (nSPS) is 11.3. The summed E-state index contributed by atoms with van der Waals surface area (Å²) in [6.45, 7) is 1.73. The molecule has 1 amide bonds. The average molecular weight is 372 g/mol. The lowest BCUT2D eigenvalue weighted by molar-refractivity contribution is -0.119. The van der Waals surface area contributed by atoms with E-state index in [0.29, 0.717) is 13.0 Å². The van der Waals surface area contributed by atoms with Crippen molar-refractivity contribution >= 4 is 33.0 Å². The predicted molar refractivity (Wildman–Crippen MR) is 89.9 cm³/mol. The second-order valence-corrected chi connectivity index (χ2v) is 8.24. The first kappa shape index (κ1) is 18.3. The second kappa shape index (κ2) is 7.67. The Kier molecular flexibility index (Phi) is 5.84. The van der Waals surface area contributed by atoms with E-state index in [4.69, 9.17) is 0 Å². The maximum absolute atomic E-state index is 13.3. The molecular weight excluding hydrogens is 355 g/mol. The van der Waals surface area contributed by atoms with Gasteiger partial charge in [-0.1, -0.05) is 6.07 Å². The molecule has 0 spiro atoms. The van der Waals surface area contributed by atoms with Crippen LogP contribution in [0.4, 0.5) is 10.1 Å². The number of hydrogen-bond acceptors (Lipinski definition) is 6. The van der Waals surface area contributed by atoms with Gasteiger partial charge in [0.2, 0.25) is 15.9 Å². The van der Waals surface area contributed by atoms with E-state index in [1.54, 1.807) is 0 Å². The first-order chi connectivity index (χ1) is 11.3. The SMILES string of the molecule is Cc1nnc(CCNC(=O)CN(c2cccc(F)c2)S(C)(=O)=O)s1. The van der Waals surface area contributed by atoms with E-state index < -0.39 is 28.3 Å². The van der Waals surface area contributed by atoms with Gasteiger partial charge in [0.05, 0.1) is 11.9 Å². The van der Waals surface area contributed by atoms with Crippen molar-refractivity contribution in [3.8, 4) is 0 Å². The monoisotopic (exact) mass is 372 g/mol. The first-order valence-corrected chi connectivity index (χ1v) is 9.71. The molecule has 2 aromatic rings. The van der Waals surface area contributed by atoms with Gasteiger partial charge >= 0.3 is 0 Å². The Morgan fingerprint density at radius 3 is 2.71 bits per heavy atom. The van der Waals surface area contributed by atoms with E-state index in [0.717, 1.165) is 26.6 Å². The quantitative estimate of drug-likeness (QED) is 0.786. The molecule has 0 unspecified atom stereocenters. The number of hydrogen-bond donors (Lipinski definition) is 1. The van der Waals surface area contributed by atoms with E-state index in [2.05, 4.69) is 15.5 Å². The Labute approximate surface area is 143 Å². The molecular formula is C14H17FN4O3S2. The summed E-state index contributed by atoms with van der Waals surface area (Å²) in [5.74, 6) is -1.06. The Morgan fingerprint density at radius 2 is 2.12 bits per heavy atom. The van der Waals surface area contributed by atoms with Crippen molar-refractivity contribution in [3.05, 3.63) is 40.1 Å². The molecule has 0 fully saturated rings. The fourth-order valence-electron chi connectivity index (χ4n) is 1.96. The van der Waals surface area contributed by atoms with Crippen molar-refractivity contribution in [1.82, 2.24) is 15.5 Å². The van der Waals surface area contributed by atoms with Gasteiger partial charge in [0, 0.05) is 13.0 Å². The van der Waals surface area contributed by atoms with Crippen molar-refractivity contribution in [2.75, 3.05) is 23.7 Å². The highest BCUT2D eigenvalue weighted by Gasteiger charge is 2.21. The summed E-state index contributed by atoms with van der Waals surface area (Å²) >= 11 is 1.43. The number of carbonyl (C=O) groups excluding carboxylic acids is 1. The number of anilines is 1. The molecule has 0 aliphatic carbocycles. The summed E-state index contributed by atoms with van der Waals surface area (Å²) in [6, 6.07) is 5.09. The number of rotatable bonds is 7. The van der Waals surface area contributed by atoms with Crippen LogP contribution in [-0.4, -0.2) is 43.9 Å². The lowest BCUT2D eigenvalue weighted by Gasteiger charge is -2.21. The van der Waals surface area contributed by atoms with Crippen LogP contribution in [0.3, 0.4) is 0 Å². The highest BCUT2D eigenvalue weighted by molar-refractivity contribution is 7.92. The fraction of sp³-hybridized carbons (Fsp3) is 0.357. The molecule has 2 rings (SSSR count). The van der Waals surface area contributed by atoms with Gasteiger partial charge in [0.1, 0.15) is 22.4 Å². The molecule has 0 saturated heterocycles. The zero-order chi connectivity index (χ0) is 17.7. The standard InChI is InChI=1S/C14H17FN4O3S2/c1-10-17-18-14(23-10)6-7-16-13(20)9-19(24(2,21)22)12-5-3-4-11(15)8-12/h3-5,8H,6-7,9H2,1-2H3,(H,16,20). The van der Waals surface area contributed by atoms with Crippen LogP contribution in [0.2, 0.25) is 0 Å². The van der Waals surface area contributed by atoms with Crippen LogP contribution in [0.15, 0.2) is 24.3 Å². The summed E-state index contributed by atoms with van der Waals surface area (Å²) < 4.78 is 37.9. The van der Waals surface area contributed by atoms with Gasteiger partial charge in [0.15, 0.2) is 0 Å². The summed E-state index contributed by atoms with van der Waals surface area (Å²) in [6.07, 6.45) is 1.48. The van der Waals surface area contributed by atoms with Gasteiger partial charge < -0.3 is 5.32 Å². The molecule has 130 valence electrons. The van der Waals surface area contributed by atoms with Crippen LogP contribution in [0.5, 0.6) is 0 Å². The lowest BCUT2D eigenvalue weighted by atomic mass is 10.3. The van der Waals surface area contributed by atoms with Crippen LogP contribution < -0.4 is 9.62 Å². The minimum atomic E-state index is -3.72. The fourth-order valence-corrected chi connectivity index (χ4v) is 3.52. The van der Waals surface area contributed by atoms with Gasteiger partial charge in [-0.2, -0.15) is 0 Å². The summed E-state index contributed by atoms with van der Waals surface area (Å²) in [7, 11) is -3.72. The number of amides is 1. The molecule has 0 bridgehead atoms. The molecule has 10 heteroatoms. The molecule has 1 heterocycles. The molecule has 0 aliphatic heterocycles. The maximum Gasteiger partial charge on any atom is 0.240 e. The second-order valence-electron chi connectivity index (χ2n) is 5.06. The maximum atomic E-state index is 13.3. The first-order valence-electron chi connectivity index (χ1n) is 7.04. The predicted octanol–water partition coefficient (Wildman–Crippen LogP) is 1.11. The van der Waals surface area contributed by atoms with Crippen molar-refractivity contribution in [2.24, 2.45) is 0 Å². The minimum absolute atomic E-state index is 0.104. The largest absolute Gasteiger partial charge is 0.354 e. The number of nitrogens with zero attached hydrogens (tertiary/aromatic N) is 3. The third-order valence-electron chi connectivity index (χ3n) is 3.01. The van der Waals surface area contributed by atoms with Gasteiger partial charge in [-0.3, -0.25) is 9.10 Å². The Morgan fingerprint density at radius 1 is 1.38 bits per heavy atom. The van der Waals surface area contributed by atoms with Crippen molar-refractivity contribution in [2.45, 2.75) is 13.3 Å². The summed E-state index contributed by atoms with van der Waals surface area (Å²) in [5.41, 5.74) is 0.104. The highest BCUT2D eigenvalue weighted by atomic mass is 32.2. The molecule has 0 saturated carbocycles. The third-order valence-corrected chi connectivity index (χ3v) is 5.05. The molecule has 1 aromatic heterocycles. The lowest BCUT2D eigenvalue weighted by Crippen LogP contribution is -2.41. The molecule has 1 N–H and O–H groups in total. The van der Waals surface area contributed by atoms with Crippen LogP contribution >= 0.6 is 11.3 Å². The van der Waals surface area contributed by atoms with E-state index >= 15 is 0 Å². The average Bonchev–Trinajstić information content (AvgIpc) is 2.89.